The summed E-state index contributed by atoms with van der Waals surface area (Å²) in [7, 11) is -4.34. The van der Waals surface area contributed by atoms with Gasteiger partial charge >= 0.3 is 7.82 Å². The summed E-state index contributed by atoms with van der Waals surface area (Å²) >= 11 is 0. The molecule has 0 aromatic carbocycles. The number of carbonyl (C=O) groups is 1. The maximum atomic E-state index is 12.7. The van der Waals surface area contributed by atoms with Crippen molar-refractivity contribution in [2.24, 2.45) is 5.73 Å². The topological polar surface area (TPSA) is 131 Å². The minimum Gasteiger partial charge on any atom is -0.387 e. The number of aliphatic hydroxyl groups excluding tert-OH is 1. The molecule has 0 aromatic heterocycles. The van der Waals surface area contributed by atoms with Crippen LogP contribution in [0.15, 0.2) is 60.8 Å². The molecule has 9 heteroatoms. The Morgan fingerprint density at radius 2 is 1.16 bits per heavy atom. The Balaban J connectivity index is 4.29. The van der Waals surface area contributed by atoms with E-state index in [0.717, 1.165) is 77.0 Å². The summed E-state index contributed by atoms with van der Waals surface area (Å²) in [5, 5.41) is 13.6. The monoisotopic (exact) mass is 723 g/mol. The molecule has 0 saturated carbocycles. The highest BCUT2D eigenvalue weighted by atomic mass is 31.2. The van der Waals surface area contributed by atoms with Gasteiger partial charge in [0.05, 0.1) is 25.4 Å². The van der Waals surface area contributed by atoms with Crippen molar-refractivity contribution in [1.29, 1.82) is 0 Å². The van der Waals surface area contributed by atoms with Crippen LogP contribution in [0.25, 0.3) is 0 Å². The average Bonchev–Trinajstić information content (AvgIpc) is 3.10. The maximum absolute atomic E-state index is 12.7. The number of aliphatic hydroxyl groups is 1. The van der Waals surface area contributed by atoms with Gasteiger partial charge in [0.25, 0.3) is 0 Å². The van der Waals surface area contributed by atoms with E-state index in [1.807, 2.05) is 6.08 Å². The normalized spacial score (nSPS) is 14.9. The van der Waals surface area contributed by atoms with Crippen molar-refractivity contribution in [3.63, 3.8) is 0 Å². The zero-order valence-electron chi connectivity index (χ0n) is 31.9. The van der Waals surface area contributed by atoms with Gasteiger partial charge in [-0.25, -0.2) is 4.57 Å². The van der Waals surface area contributed by atoms with Crippen molar-refractivity contribution < 1.29 is 28.4 Å². The van der Waals surface area contributed by atoms with Crippen molar-refractivity contribution in [3.8, 4) is 0 Å². The molecule has 3 unspecified atom stereocenters. The first kappa shape index (κ1) is 48.2. The Kier molecular flexibility index (Phi) is 35.6. The molecule has 290 valence electrons. The maximum Gasteiger partial charge on any atom is 0.472 e. The van der Waals surface area contributed by atoms with Crippen molar-refractivity contribution in [1.82, 2.24) is 5.32 Å². The number of carbonyl (C=O) groups excluding carboxylic acids is 1. The molecule has 0 aliphatic carbocycles. The first-order valence-electron chi connectivity index (χ1n) is 19.9. The molecule has 1 amide bonds. The zero-order chi connectivity index (χ0) is 36.8. The summed E-state index contributed by atoms with van der Waals surface area (Å²) in [5.74, 6) is -0.212. The lowest BCUT2D eigenvalue weighted by Crippen LogP contribution is -2.45. The van der Waals surface area contributed by atoms with Crippen LogP contribution in [-0.4, -0.2) is 47.8 Å². The summed E-state index contributed by atoms with van der Waals surface area (Å²) in [6, 6.07) is -0.869. The van der Waals surface area contributed by atoms with Gasteiger partial charge in [-0.15, -0.1) is 0 Å². The third-order valence-corrected chi connectivity index (χ3v) is 9.33. The lowest BCUT2D eigenvalue weighted by Gasteiger charge is -2.23. The molecule has 0 rings (SSSR count). The Bertz CT molecular complexity index is 965. The number of phosphoric acid groups is 1. The van der Waals surface area contributed by atoms with Crippen LogP contribution in [0.3, 0.4) is 0 Å². The molecule has 0 aliphatic heterocycles. The molecule has 0 radical (unpaired) electrons. The molecule has 5 N–H and O–H groups in total. The summed E-state index contributed by atoms with van der Waals surface area (Å²) in [4.78, 5) is 22.6. The quantitative estimate of drug-likeness (QED) is 0.0288. The number of rotatable bonds is 36. The first-order valence-corrected chi connectivity index (χ1v) is 21.4. The highest BCUT2D eigenvalue weighted by Crippen LogP contribution is 2.43. The molecular formula is C41H75N2O6P. The SMILES string of the molecule is CC/C=C\C/C=C\C/C=C\C/C=C\CCCCCCCCC(=O)NC(COP(=O)(O)OCCN)C(O)/C=C/CCCCCCCCCCCC. The molecule has 0 heterocycles. The molecule has 0 fully saturated rings. The predicted octanol–water partition coefficient (Wildman–Crippen LogP) is 10.7. The molecular weight excluding hydrogens is 647 g/mol. The van der Waals surface area contributed by atoms with E-state index in [1.165, 1.54) is 64.2 Å². The number of amides is 1. The van der Waals surface area contributed by atoms with Crippen molar-refractivity contribution in [2.75, 3.05) is 19.8 Å². The standard InChI is InChI=1S/C41H75N2O6P/c1-3-5-7-9-11-13-15-17-18-19-20-21-22-23-25-27-29-31-33-35-41(45)43-39(38-49-50(46,47)48-37-36-42)40(44)34-32-30-28-26-24-16-14-12-10-8-6-4-2/h5,7,11,13,17-18,20-21,32,34,39-40,44H,3-4,6,8-10,12,14-16,19,22-31,33,35-38,42H2,1-2H3,(H,43,45)(H,46,47)/b7-5-,13-11-,18-17-,21-20-,34-32+. The summed E-state index contributed by atoms with van der Waals surface area (Å²) in [5.41, 5.74) is 5.36. The van der Waals surface area contributed by atoms with E-state index >= 15 is 0 Å². The van der Waals surface area contributed by atoms with Crippen molar-refractivity contribution in [3.05, 3.63) is 60.8 Å². The summed E-state index contributed by atoms with van der Waals surface area (Å²) < 4.78 is 22.0. The number of nitrogens with one attached hydrogen (secondary N) is 1. The van der Waals surface area contributed by atoms with Gasteiger partial charge in [-0.3, -0.25) is 13.8 Å². The van der Waals surface area contributed by atoms with Gasteiger partial charge < -0.3 is 21.1 Å². The number of phosphoric ester groups is 1. The highest BCUT2D eigenvalue weighted by Gasteiger charge is 2.26. The van der Waals surface area contributed by atoms with Crippen LogP contribution in [0.5, 0.6) is 0 Å². The number of unbranched alkanes of at least 4 members (excludes halogenated alkanes) is 16. The van der Waals surface area contributed by atoms with Crippen LogP contribution >= 0.6 is 7.82 Å². The van der Waals surface area contributed by atoms with Crippen LogP contribution < -0.4 is 11.1 Å². The molecule has 0 aliphatic rings. The van der Waals surface area contributed by atoms with E-state index in [4.69, 9.17) is 14.8 Å². The first-order chi connectivity index (χ1) is 24.4. The number of hydrogen-bond donors (Lipinski definition) is 4. The van der Waals surface area contributed by atoms with E-state index in [2.05, 4.69) is 67.8 Å². The van der Waals surface area contributed by atoms with Gasteiger partial charge in [0.2, 0.25) is 5.91 Å². The Labute approximate surface area is 306 Å². The fourth-order valence-electron chi connectivity index (χ4n) is 5.36. The van der Waals surface area contributed by atoms with Gasteiger partial charge in [-0.05, 0) is 57.8 Å². The van der Waals surface area contributed by atoms with Gasteiger partial charge in [0.15, 0.2) is 0 Å². The number of allylic oxidation sites excluding steroid dienone is 9. The third kappa shape index (κ3) is 34.6. The Hall–Kier alpha value is -1.80. The van der Waals surface area contributed by atoms with E-state index < -0.39 is 20.0 Å². The van der Waals surface area contributed by atoms with Crippen LogP contribution in [0.4, 0.5) is 0 Å². The van der Waals surface area contributed by atoms with E-state index in [9.17, 15) is 19.4 Å². The third-order valence-electron chi connectivity index (χ3n) is 8.35. The minimum absolute atomic E-state index is 0.0731. The number of nitrogens with two attached hydrogens (primary N) is 1. The van der Waals surface area contributed by atoms with Gasteiger partial charge in [-0.2, -0.15) is 0 Å². The smallest absolute Gasteiger partial charge is 0.387 e. The van der Waals surface area contributed by atoms with Crippen LogP contribution in [0, 0.1) is 0 Å². The lowest BCUT2D eigenvalue weighted by atomic mass is 10.1. The van der Waals surface area contributed by atoms with Gasteiger partial charge in [0, 0.05) is 13.0 Å². The summed E-state index contributed by atoms with van der Waals surface area (Å²) in [6.45, 7) is 3.98. The molecule has 0 saturated heterocycles. The Morgan fingerprint density at radius 1 is 0.680 bits per heavy atom. The second kappa shape index (κ2) is 37.0. The second-order valence-electron chi connectivity index (χ2n) is 13.1. The van der Waals surface area contributed by atoms with Crippen molar-refractivity contribution in [2.45, 2.75) is 174 Å². The van der Waals surface area contributed by atoms with Gasteiger partial charge in [0.1, 0.15) is 0 Å². The highest BCUT2D eigenvalue weighted by molar-refractivity contribution is 7.47. The average molecular weight is 723 g/mol. The molecule has 0 aromatic rings. The fraction of sp³-hybridized carbons (Fsp3) is 0.732. The van der Waals surface area contributed by atoms with E-state index in [1.54, 1.807) is 6.08 Å². The van der Waals surface area contributed by atoms with E-state index in [0.29, 0.717) is 6.42 Å². The Morgan fingerprint density at radius 3 is 1.70 bits per heavy atom. The largest absolute Gasteiger partial charge is 0.472 e. The molecule has 0 bridgehead atoms. The lowest BCUT2D eigenvalue weighted by molar-refractivity contribution is -0.123. The zero-order valence-corrected chi connectivity index (χ0v) is 32.8. The van der Waals surface area contributed by atoms with Crippen LogP contribution in [0.2, 0.25) is 0 Å². The fourth-order valence-corrected chi connectivity index (χ4v) is 6.12. The molecule has 0 spiro atoms. The van der Waals surface area contributed by atoms with Crippen molar-refractivity contribution >= 4 is 13.7 Å². The predicted molar refractivity (Wildman–Crippen MR) is 212 cm³/mol. The molecule has 3 atom stereocenters. The van der Waals surface area contributed by atoms with Crippen LogP contribution in [0.1, 0.15) is 162 Å². The molecule has 8 nitrogen and oxygen atoms in total. The van der Waals surface area contributed by atoms with Gasteiger partial charge in [-0.1, -0.05) is 158 Å². The van der Waals surface area contributed by atoms with E-state index in [-0.39, 0.29) is 25.7 Å². The molecule has 50 heavy (non-hydrogen) atoms. The minimum atomic E-state index is -4.34. The summed E-state index contributed by atoms with van der Waals surface area (Å²) in [6.07, 6.45) is 45.5. The number of hydrogen-bond acceptors (Lipinski definition) is 6. The van der Waals surface area contributed by atoms with Crippen LogP contribution in [-0.2, 0) is 18.4 Å². The second-order valence-corrected chi connectivity index (χ2v) is 14.6.